The fourth-order valence-electron chi connectivity index (χ4n) is 3.59. The fourth-order valence-corrected chi connectivity index (χ4v) is 3.59. The molecule has 3 aliphatic rings. The summed E-state index contributed by atoms with van der Waals surface area (Å²) in [6, 6.07) is 7.73. The van der Waals surface area contributed by atoms with E-state index < -0.39 is 0 Å². The molecule has 0 radical (unpaired) electrons. The van der Waals surface area contributed by atoms with Gasteiger partial charge in [0.25, 0.3) is 5.91 Å². The fraction of sp³-hybridized carbons (Fsp3) is 0.529. The molecule has 0 aromatic heterocycles. The summed E-state index contributed by atoms with van der Waals surface area (Å²) >= 11 is 0. The van der Waals surface area contributed by atoms with Gasteiger partial charge >= 0.3 is 5.97 Å². The zero-order valence-electron chi connectivity index (χ0n) is 13.3. The van der Waals surface area contributed by atoms with Gasteiger partial charge in [0.15, 0.2) is 0 Å². The van der Waals surface area contributed by atoms with Crippen molar-refractivity contribution < 1.29 is 19.1 Å². The number of esters is 1. The molecule has 2 atom stereocenters. The van der Waals surface area contributed by atoms with Crippen LogP contribution in [0.1, 0.15) is 10.4 Å². The molecule has 0 unspecified atom stereocenters. The third-order valence-corrected chi connectivity index (χ3v) is 4.96. The van der Waals surface area contributed by atoms with E-state index in [9.17, 15) is 9.59 Å². The number of cyclic esters (lactones) is 1. The Bertz CT molecular complexity index is 616. The predicted molar refractivity (Wildman–Crippen MR) is 90.6 cm³/mol. The summed E-state index contributed by atoms with van der Waals surface area (Å²) in [5.74, 6) is -0.126. The third-order valence-electron chi connectivity index (χ3n) is 4.96. The summed E-state index contributed by atoms with van der Waals surface area (Å²) in [5, 5.41) is 0. The minimum Gasteiger partial charge on any atom is -0.465 e. The molecule has 1 aromatic carbocycles. The molecular weight excluding hydrogens is 332 g/mol. The van der Waals surface area contributed by atoms with Crippen LogP contribution in [0.25, 0.3) is 0 Å². The second-order valence-electron chi connectivity index (χ2n) is 6.35. The lowest BCUT2D eigenvalue weighted by Gasteiger charge is -2.29. The van der Waals surface area contributed by atoms with Crippen LogP contribution in [0.15, 0.2) is 24.3 Å². The largest absolute Gasteiger partial charge is 0.465 e. The number of hydrogen-bond donors (Lipinski definition) is 0. The van der Waals surface area contributed by atoms with Gasteiger partial charge < -0.3 is 19.3 Å². The molecule has 3 saturated heterocycles. The number of hydrogen-bond acceptors (Lipinski definition) is 5. The zero-order valence-corrected chi connectivity index (χ0v) is 14.2. The zero-order chi connectivity index (χ0) is 15.8. The molecule has 0 bridgehead atoms. The number of nitrogens with zero attached hydrogens (tertiary/aromatic N) is 2. The highest BCUT2D eigenvalue weighted by Gasteiger charge is 2.45. The first kappa shape index (κ1) is 17.0. The smallest absolute Gasteiger partial charge is 0.311 e. The van der Waals surface area contributed by atoms with Gasteiger partial charge in [0.1, 0.15) is 0 Å². The molecule has 24 heavy (non-hydrogen) atoms. The molecule has 0 aliphatic carbocycles. The summed E-state index contributed by atoms with van der Waals surface area (Å²) in [5.41, 5.74) is 1.79. The third kappa shape index (κ3) is 3.08. The standard InChI is InChI=1S/C17H20N2O4.ClH/c20-16(19-9-13-11-23-17(21)15(13)10-19)12-1-3-14(4-2-12)18-5-7-22-8-6-18;/h1-4,13,15H,5-11H2;1H/t13-,15-;/m1./s1. The molecule has 3 aliphatic heterocycles. The molecular formula is C17H21ClN2O4. The van der Waals surface area contributed by atoms with Crippen molar-refractivity contribution in [2.75, 3.05) is 50.9 Å². The SMILES string of the molecule is Cl.O=C1OC[C@H]2CN(C(=O)c3ccc(N4CCOCC4)cc3)C[C@@H]12. The van der Waals surface area contributed by atoms with Gasteiger partial charge in [-0.2, -0.15) is 0 Å². The summed E-state index contributed by atoms with van der Waals surface area (Å²) in [6.07, 6.45) is 0. The van der Waals surface area contributed by atoms with Gasteiger partial charge in [-0.3, -0.25) is 9.59 Å². The van der Waals surface area contributed by atoms with E-state index in [1.165, 1.54) is 0 Å². The average Bonchev–Trinajstić information content (AvgIpc) is 3.18. The van der Waals surface area contributed by atoms with E-state index in [4.69, 9.17) is 9.47 Å². The van der Waals surface area contributed by atoms with Crippen LogP contribution >= 0.6 is 12.4 Å². The molecule has 0 spiro atoms. The van der Waals surface area contributed by atoms with Crippen molar-refractivity contribution in [1.29, 1.82) is 0 Å². The lowest BCUT2D eigenvalue weighted by molar-refractivity contribution is -0.141. The van der Waals surface area contributed by atoms with Crippen molar-refractivity contribution in [3.8, 4) is 0 Å². The minimum atomic E-state index is -0.159. The quantitative estimate of drug-likeness (QED) is 0.748. The van der Waals surface area contributed by atoms with Crippen molar-refractivity contribution in [1.82, 2.24) is 4.90 Å². The van der Waals surface area contributed by atoms with E-state index in [2.05, 4.69) is 4.90 Å². The normalized spacial score (nSPS) is 25.9. The van der Waals surface area contributed by atoms with Crippen LogP contribution in [0.2, 0.25) is 0 Å². The van der Waals surface area contributed by atoms with Crippen molar-refractivity contribution in [2.24, 2.45) is 11.8 Å². The van der Waals surface area contributed by atoms with Gasteiger partial charge in [0.2, 0.25) is 0 Å². The Kier molecular flexibility index (Phi) is 4.96. The number of rotatable bonds is 2. The number of anilines is 1. The van der Waals surface area contributed by atoms with Gasteiger partial charge in [0, 0.05) is 43.3 Å². The lowest BCUT2D eigenvalue weighted by Crippen LogP contribution is -2.36. The monoisotopic (exact) mass is 352 g/mol. The van der Waals surface area contributed by atoms with Gasteiger partial charge in [-0.05, 0) is 24.3 Å². The molecule has 1 amide bonds. The Hall–Kier alpha value is -1.79. The van der Waals surface area contributed by atoms with Crippen LogP contribution < -0.4 is 4.90 Å². The van der Waals surface area contributed by atoms with Crippen molar-refractivity contribution in [3.05, 3.63) is 29.8 Å². The van der Waals surface area contributed by atoms with E-state index in [-0.39, 0.29) is 36.1 Å². The van der Waals surface area contributed by atoms with E-state index in [0.29, 0.717) is 25.3 Å². The van der Waals surface area contributed by atoms with Crippen LogP contribution in [-0.2, 0) is 14.3 Å². The molecule has 6 nitrogen and oxygen atoms in total. The maximum absolute atomic E-state index is 12.6. The highest BCUT2D eigenvalue weighted by atomic mass is 35.5. The first-order valence-electron chi connectivity index (χ1n) is 8.11. The second kappa shape index (κ2) is 6.99. The molecule has 4 rings (SSSR count). The maximum atomic E-state index is 12.6. The average molecular weight is 353 g/mol. The minimum absolute atomic E-state index is 0. The van der Waals surface area contributed by atoms with Crippen molar-refractivity contribution in [2.45, 2.75) is 0 Å². The Labute approximate surface area is 147 Å². The highest BCUT2D eigenvalue weighted by Crippen LogP contribution is 2.31. The molecule has 130 valence electrons. The molecule has 3 fully saturated rings. The van der Waals surface area contributed by atoms with E-state index in [0.717, 1.165) is 32.0 Å². The summed E-state index contributed by atoms with van der Waals surface area (Å²) in [4.78, 5) is 28.3. The van der Waals surface area contributed by atoms with E-state index >= 15 is 0 Å². The first-order valence-corrected chi connectivity index (χ1v) is 8.11. The molecule has 0 saturated carbocycles. The number of fused-ring (bicyclic) bond motifs is 1. The molecule has 1 aromatic rings. The topological polar surface area (TPSA) is 59.1 Å². The summed E-state index contributed by atoms with van der Waals surface area (Å²) in [7, 11) is 0. The number of halogens is 1. The number of amides is 1. The van der Waals surface area contributed by atoms with Crippen LogP contribution in [-0.4, -0.2) is 62.8 Å². The summed E-state index contributed by atoms with van der Waals surface area (Å²) in [6.45, 7) is 4.79. The van der Waals surface area contributed by atoms with E-state index in [1.807, 2.05) is 24.3 Å². The predicted octanol–water partition coefficient (Wildman–Crippen LogP) is 1.19. The molecule has 7 heteroatoms. The van der Waals surface area contributed by atoms with Crippen LogP contribution in [0, 0.1) is 11.8 Å². The Morgan fingerprint density at radius 1 is 1.08 bits per heavy atom. The van der Waals surface area contributed by atoms with Gasteiger partial charge in [0.05, 0.1) is 25.7 Å². The molecule has 0 N–H and O–H groups in total. The number of carbonyl (C=O) groups excluding carboxylic acids is 2. The van der Waals surface area contributed by atoms with E-state index in [1.54, 1.807) is 4.90 Å². The lowest BCUT2D eigenvalue weighted by atomic mass is 10.0. The van der Waals surface area contributed by atoms with Gasteiger partial charge in [-0.25, -0.2) is 0 Å². The Morgan fingerprint density at radius 3 is 2.46 bits per heavy atom. The second-order valence-corrected chi connectivity index (χ2v) is 6.35. The Balaban J connectivity index is 0.00000169. The van der Waals surface area contributed by atoms with Crippen LogP contribution in [0.4, 0.5) is 5.69 Å². The summed E-state index contributed by atoms with van der Waals surface area (Å²) < 4.78 is 10.4. The van der Waals surface area contributed by atoms with Crippen molar-refractivity contribution in [3.63, 3.8) is 0 Å². The number of likely N-dealkylation sites (tertiary alicyclic amines) is 1. The van der Waals surface area contributed by atoms with Crippen LogP contribution in [0.3, 0.4) is 0 Å². The number of morpholine rings is 1. The number of ether oxygens (including phenoxy) is 2. The van der Waals surface area contributed by atoms with Gasteiger partial charge in [-0.1, -0.05) is 0 Å². The maximum Gasteiger partial charge on any atom is 0.311 e. The van der Waals surface area contributed by atoms with Crippen molar-refractivity contribution >= 4 is 30.0 Å². The molecule has 3 heterocycles. The van der Waals surface area contributed by atoms with Crippen LogP contribution in [0.5, 0.6) is 0 Å². The Morgan fingerprint density at radius 2 is 1.79 bits per heavy atom. The number of benzene rings is 1. The first-order chi connectivity index (χ1) is 11.2. The van der Waals surface area contributed by atoms with Gasteiger partial charge in [-0.15, -0.1) is 12.4 Å². The highest BCUT2D eigenvalue weighted by molar-refractivity contribution is 5.95. The number of carbonyl (C=O) groups is 2.